The molecule has 0 N–H and O–H groups in total. The van der Waals surface area contributed by atoms with E-state index in [1.165, 1.54) is 24.8 Å². The summed E-state index contributed by atoms with van der Waals surface area (Å²) in [5.74, 6) is 0.987. The fourth-order valence-corrected chi connectivity index (χ4v) is 3.90. The smallest absolute Gasteiger partial charge is 0.137 e. The topological polar surface area (TPSA) is 18.5 Å². The van der Waals surface area contributed by atoms with Crippen LogP contribution in [0.5, 0.6) is 5.75 Å². The summed E-state index contributed by atoms with van der Waals surface area (Å²) in [5.41, 5.74) is 1.34. The minimum absolute atomic E-state index is 0.138. The lowest BCUT2D eigenvalue weighted by atomic mass is 9.74. The van der Waals surface area contributed by atoms with Gasteiger partial charge in [-0.25, -0.2) is 0 Å². The van der Waals surface area contributed by atoms with Gasteiger partial charge < -0.3 is 9.47 Å². The molecular formula is C15H18Br2O2. The van der Waals surface area contributed by atoms with E-state index in [0.717, 1.165) is 35.0 Å². The van der Waals surface area contributed by atoms with E-state index < -0.39 is 0 Å². The molecule has 1 saturated carbocycles. The SMILES string of the molecule is BrCc1cccc(Br)c1OC1CCOC2(CCC2)C1. The van der Waals surface area contributed by atoms with E-state index in [4.69, 9.17) is 9.47 Å². The van der Waals surface area contributed by atoms with E-state index in [9.17, 15) is 0 Å². The standard InChI is InChI=1S/C15H18Br2O2/c16-10-11-3-1-4-13(17)14(11)19-12-5-8-18-15(9-12)6-2-7-15/h1,3-4,12H,2,5-10H2. The Morgan fingerprint density at radius 2 is 2.21 bits per heavy atom. The van der Waals surface area contributed by atoms with E-state index in [0.29, 0.717) is 0 Å². The Morgan fingerprint density at radius 1 is 1.37 bits per heavy atom. The van der Waals surface area contributed by atoms with Crippen molar-refractivity contribution in [1.29, 1.82) is 0 Å². The summed E-state index contributed by atoms with van der Waals surface area (Å²) < 4.78 is 13.3. The molecule has 0 bridgehead atoms. The quantitative estimate of drug-likeness (QED) is 0.689. The monoisotopic (exact) mass is 388 g/mol. The van der Waals surface area contributed by atoms with Crippen LogP contribution in [0.25, 0.3) is 0 Å². The summed E-state index contributed by atoms with van der Waals surface area (Å²) in [4.78, 5) is 0. The first-order valence-electron chi connectivity index (χ1n) is 6.86. The van der Waals surface area contributed by atoms with Gasteiger partial charge in [-0.2, -0.15) is 0 Å². The van der Waals surface area contributed by atoms with Gasteiger partial charge in [0.25, 0.3) is 0 Å². The Bertz CT molecular complexity index is 457. The second-order valence-corrected chi connectivity index (χ2v) is 6.89. The van der Waals surface area contributed by atoms with E-state index in [-0.39, 0.29) is 11.7 Å². The maximum absolute atomic E-state index is 6.28. The molecule has 1 aliphatic heterocycles. The number of alkyl halides is 1. The van der Waals surface area contributed by atoms with Crippen molar-refractivity contribution in [3.05, 3.63) is 28.2 Å². The zero-order valence-electron chi connectivity index (χ0n) is 10.8. The highest BCUT2D eigenvalue weighted by Gasteiger charge is 2.43. The lowest BCUT2D eigenvalue weighted by Gasteiger charge is -2.47. The largest absolute Gasteiger partial charge is 0.489 e. The number of hydrogen-bond acceptors (Lipinski definition) is 2. The summed E-state index contributed by atoms with van der Waals surface area (Å²) in [6.45, 7) is 0.832. The minimum atomic E-state index is 0.138. The number of ether oxygens (including phenoxy) is 2. The van der Waals surface area contributed by atoms with Crippen molar-refractivity contribution in [2.24, 2.45) is 0 Å². The molecule has 4 heteroatoms. The first-order valence-corrected chi connectivity index (χ1v) is 8.78. The third kappa shape index (κ3) is 2.86. The van der Waals surface area contributed by atoms with Crippen LogP contribution in [-0.2, 0) is 10.1 Å². The molecule has 0 radical (unpaired) electrons. The van der Waals surface area contributed by atoms with Crippen LogP contribution in [0, 0.1) is 0 Å². The van der Waals surface area contributed by atoms with Crippen molar-refractivity contribution >= 4 is 31.9 Å². The number of rotatable bonds is 3. The molecule has 1 aromatic carbocycles. The Hall–Kier alpha value is -0.0600. The predicted molar refractivity (Wildman–Crippen MR) is 83.0 cm³/mol. The average Bonchev–Trinajstić information content (AvgIpc) is 2.40. The van der Waals surface area contributed by atoms with Crippen molar-refractivity contribution in [1.82, 2.24) is 0 Å². The Kier molecular flexibility index (Phi) is 4.20. The van der Waals surface area contributed by atoms with Gasteiger partial charge in [-0.05, 0) is 41.3 Å². The molecule has 1 atom stereocenters. The maximum Gasteiger partial charge on any atom is 0.137 e. The molecule has 1 spiro atoms. The first kappa shape index (κ1) is 13.9. The lowest BCUT2D eigenvalue weighted by Crippen LogP contribution is -2.48. The molecule has 0 aromatic heterocycles. The van der Waals surface area contributed by atoms with E-state index in [2.05, 4.69) is 37.9 Å². The third-order valence-corrected chi connectivity index (χ3v) is 5.42. The van der Waals surface area contributed by atoms with Crippen molar-refractivity contribution in [3.63, 3.8) is 0 Å². The zero-order chi connectivity index (χ0) is 13.3. The van der Waals surface area contributed by atoms with E-state index >= 15 is 0 Å². The highest BCUT2D eigenvalue weighted by atomic mass is 79.9. The predicted octanol–water partition coefficient (Wildman–Crippen LogP) is 4.82. The molecular weight excluding hydrogens is 372 g/mol. The van der Waals surface area contributed by atoms with E-state index in [1.54, 1.807) is 0 Å². The molecule has 2 fully saturated rings. The van der Waals surface area contributed by atoms with Crippen molar-refractivity contribution in [2.75, 3.05) is 6.61 Å². The van der Waals surface area contributed by atoms with E-state index in [1.807, 2.05) is 12.1 Å². The summed E-state index contributed by atoms with van der Waals surface area (Å²) in [6, 6.07) is 6.19. The summed E-state index contributed by atoms with van der Waals surface area (Å²) in [5, 5.41) is 0.816. The van der Waals surface area contributed by atoms with Gasteiger partial charge in [0.2, 0.25) is 0 Å². The van der Waals surface area contributed by atoms with Crippen molar-refractivity contribution < 1.29 is 9.47 Å². The maximum atomic E-state index is 6.28. The minimum Gasteiger partial charge on any atom is -0.489 e. The summed E-state index contributed by atoms with van der Waals surface area (Å²) >= 11 is 7.13. The Balaban J connectivity index is 1.74. The summed E-state index contributed by atoms with van der Waals surface area (Å²) in [7, 11) is 0. The van der Waals surface area contributed by atoms with Crippen LogP contribution in [0.2, 0.25) is 0 Å². The van der Waals surface area contributed by atoms with Crippen LogP contribution in [-0.4, -0.2) is 18.3 Å². The van der Waals surface area contributed by atoms with Crippen LogP contribution in [0.3, 0.4) is 0 Å². The Morgan fingerprint density at radius 3 is 2.89 bits per heavy atom. The van der Waals surface area contributed by atoms with Gasteiger partial charge in [-0.3, -0.25) is 0 Å². The normalized spacial score (nSPS) is 25.1. The van der Waals surface area contributed by atoms with Gasteiger partial charge in [0.1, 0.15) is 11.9 Å². The molecule has 0 amide bonds. The zero-order valence-corrected chi connectivity index (χ0v) is 14.0. The molecule has 3 rings (SSSR count). The molecule has 2 aliphatic rings. The number of hydrogen-bond donors (Lipinski definition) is 0. The summed E-state index contributed by atoms with van der Waals surface area (Å²) in [6.07, 6.45) is 6.02. The molecule has 1 saturated heterocycles. The fraction of sp³-hybridized carbons (Fsp3) is 0.600. The number of benzene rings is 1. The van der Waals surface area contributed by atoms with Gasteiger partial charge >= 0.3 is 0 Å². The Labute approximate surface area is 131 Å². The van der Waals surface area contributed by atoms with Crippen LogP contribution >= 0.6 is 31.9 Å². The second kappa shape index (κ2) is 5.74. The van der Waals surface area contributed by atoms with Gasteiger partial charge in [-0.15, -0.1) is 0 Å². The van der Waals surface area contributed by atoms with Gasteiger partial charge in [0, 0.05) is 23.7 Å². The molecule has 1 unspecified atom stereocenters. The van der Waals surface area contributed by atoms with Gasteiger partial charge in [0.15, 0.2) is 0 Å². The molecule has 1 heterocycles. The van der Waals surface area contributed by atoms with Crippen LogP contribution in [0.15, 0.2) is 22.7 Å². The second-order valence-electron chi connectivity index (χ2n) is 5.48. The molecule has 104 valence electrons. The third-order valence-electron chi connectivity index (χ3n) is 4.19. The average molecular weight is 390 g/mol. The number of para-hydroxylation sites is 1. The molecule has 1 aliphatic carbocycles. The van der Waals surface area contributed by atoms with Crippen LogP contribution in [0.4, 0.5) is 0 Å². The van der Waals surface area contributed by atoms with Crippen molar-refractivity contribution in [3.8, 4) is 5.75 Å². The van der Waals surface area contributed by atoms with Crippen LogP contribution < -0.4 is 4.74 Å². The first-order chi connectivity index (χ1) is 9.22. The highest BCUT2D eigenvalue weighted by molar-refractivity contribution is 9.10. The molecule has 19 heavy (non-hydrogen) atoms. The van der Waals surface area contributed by atoms with Gasteiger partial charge in [-0.1, -0.05) is 28.1 Å². The van der Waals surface area contributed by atoms with Crippen LogP contribution in [0.1, 0.15) is 37.7 Å². The van der Waals surface area contributed by atoms with Gasteiger partial charge in [0.05, 0.1) is 16.7 Å². The fourth-order valence-electron chi connectivity index (χ4n) is 2.96. The lowest BCUT2D eigenvalue weighted by molar-refractivity contribution is -0.153. The molecule has 2 nitrogen and oxygen atoms in total. The molecule has 1 aromatic rings. The van der Waals surface area contributed by atoms with Crippen molar-refractivity contribution in [2.45, 2.75) is 49.1 Å². The highest BCUT2D eigenvalue weighted by Crippen LogP contribution is 2.44. The number of halogens is 2.